The molecule has 0 bridgehead atoms. The molecule has 0 aliphatic carbocycles. The molecule has 118 valence electrons. The highest BCUT2D eigenvalue weighted by Gasteiger charge is 2.17. The predicted octanol–water partition coefficient (Wildman–Crippen LogP) is 2.39. The van der Waals surface area contributed by atoms with Crippen LogP contribution in [0.4, 0.5) is 0 Å². The quantitative estimate of drug-likeness (QED) is 0.792. The summed E-state index contributed by atoms with van der Waals surface area (Å²) in [5.74, 6) is -0.0485. The van der Waals surface area contributed by atoms with Crippen molar-refractivity contribution in [2.75, 3.05) is 19.7 Å². The summed E-state index contributed by atoms with van der Waals surface area (Å²) in [6, 6.07) is 13.4. The van der Waals surface area contributed by atoms with Crippen molar-refractivity contribution in [3.8, 4) is 11.5 Å². The van der Waals surface area contributed by atoms with Crippen LogP contribution in [0.5, 0.6) is 11.5 Å². The second kappa shape index (κ2) is 7.29. The fourth-order valence-electron chi connectivity index (χ4n) is 1.94. The molecule has 0 aliphatic rings. The van der Waals surface area contributed by atoms with Gasteiger partial charge in [0.2, 0.25) is 0 Å². The van der Waals surface area contributed by atoms with E-state index in [1.807, 2.05) is 30.3 Å². The van der Waals surface area contributed by atoms with Crippen LogP contribution in [0.3, 0.4) is 0 Å². The molecule has 0 heterocycles. The minimum absolute atomic E-state index is 0.00843. The molecule has 0 spiro atoms. The Hall–Kier alpha value is -2.05. The van der Waals surface area contributed by atoms with Gasteiger partial charge >= 0.3 is 0 Å². The van der Waals surface area contributed by atoms with Crippen molar-refractivity contribution in [1.82, 2.24) is 0 Å². The minimum atomic E-state index is -3.45. The summed E-state index contributed by atoms with van der Waals surface area (Å²) in [6.45, 7) is -0.0684. The van der Waals surface area contributed by atoms with Crippen molar-refractivity contribution in [3.63, 3.8) is 0 Å². The van der Waals surface area contributed by atoms with Gasteiger partial charge in [-0.1, -0.05) is 30.3 Å². The van der Waals surface area contributed by atoms with E-state index < -0.39 is 9.84 Å². The maximum Gasteiger partial charge on any atom is 0.188 e. The highest BCUT2D eigenvalue weighted by Crippen LogP contribution is 2.29. The Balaban J connectivity index is 2.15. The van der Waals surface area contributed by atoms with Crippen LogP contribution in [-0.2, 0) is 21.0 Å². The Labute approximate surface area is 130 Å². The van der Waals surface area contributed by atoms with E-state index >= 15 is 0 Å². The van der Waals surface area contributed by atoms with E-state index in [0.29, 0.717) is 6.42 Å². The van der Waals surface area contributed by atoms with E-state index in [2.05, 4.69) is 0 Å². The largest absolute Gasteiger partial charge is 0.504 e. The molecule has 2 aromatic rings. The van der Waals surface area contributed by atoms with Crippen molar-refractivity contribution in [3.05, 3.63) is 54.1 Å². The third kappa shape index (κ3) is 4.22. The van der Waals surface area contributed by atoms with Gasteiger partial charge in [0.15, 0.2) is 28.1 Å². The van der Waals surface area contributed by atoms with Crippen molar-refractivity contribution < 1.29 is 23.0 Å². The van der Waals surface area contributed by atoms with Gasteiger partial charge in [-0.15, -0.1) is 0 Å². The molecule has 0 radical (unpaired) electrons. The van der Waals surface area contributed by atoms with Gasteiger partial charge in [0, 0.05) is 13.2 Å². The highest BCUT2D eigenvalue weighted by molar-refractivity contribution is 7.91. The predicted molar refractivity (Wildman–Crippen MR) is 82.8 cm³/mol. The molecule has 0 aromatic heterocycles. The van der Waals surface area contributed by atoms with Crippen LogP contribution in [0.1, 0.15) is 5.56 Å². The van der Waals surface area contributed by atoms with Crippen LogP contribution in [-0.4, -0.2) is 33.2 Å². The van der Waals surface area contributed by atoms with Gasteiger partial charge in [0.25, 0.3) is 0 Å². The molecule has 0 saturated heterocycles. The molecule has 6 heteroatoms. The molecule has 0 fully saturated rings. The van der Waals surface area contributed by atoms with Gasteiger partial charge in [0.1, 0.15) is 0 Å². The average molecular weight is 322 g/mol. The van der Waals surface area contributed by atoms with E-state index in [0.717, 1.165) is 5.56 Å². The van der Waals surface area contributed by atoms with Crippen LogP contribution in [0.25, 0.3) is 0 Å². The first-order chi connectivity index (χ1) is 10.5. The van der Waals surface area contributed by atoms with Crippen molar-refractivity contribution in [2.45, 2.75) is 11.3 Å². The number of benzene rings is 2. The lowest BCUT2D eigenvalue weighted by atomic mass is 10.2. The summed E-state index contributed by atoms with van der Waals surface area (Å²) < 4.78 is 34.6. The fraction of sp³-hybridized carbons (Fsp3) is 0.250. The molecule has 5 nitrogen and oxygen atoms in total. The molecule has 0 atom stereocenters. The number of aryl methyl sites for hydroxylation is 1. The second-order valence-corrected chi connectivity index (χ2v) is 6.84. The lowest BCUT2D eigenvalue weighted by Crippen LogP contribution is -2.10. The van der Waals surface area contributed by atoms with Crippen LogP contribution < -0.4 is 4.74 Å². The number of aromatic hydroxyl groups is 1. The summed E-state index contributed by atoms with van der Waals surface area (Å²) >= 11 is 0. The zero-order valence-electron chi connectivity index (χ0n) is 12.2. The Bertz CT molecular complexity index is 711. The van der Waals surface area contributed by atoms with E-state index in [4.69, 9.17) is 9.47 Å². The van der Waals surface area contributed by atoms with Crippen molar-refractivity contribution in [2.24, 2.45) is 0 Å². The molecule has 22 heavy (non-hydrogen) atoms. The van der Waals surface area contributed by atoms with E-state index in [9.17, 15) is 13.5 Å². The number of sulfone groups is 1. The van der Waals surface area contributed by atoms with Gasteiger partial charge in [-0.2, -0.15) is 0 Å². The summed E-state index contributed by atoms with van der Waals surface area (Å²) in [7, 11) is -2.01. The highest BCUT2D eigenvalue weighted by atomic mass is 32.2. The summed E-state index contributed by atoms with van der Waals surface area (Å²) in [6.07, 6.45) is 0.429. The maximum atomic E-state index is 12.4. The fourth-order valence-corrected chi connectivity index (χ4v) is 3.24. The first kappa shape index (κ1) is 16.3. The van der Waals surface area contributed by atoms with Crippen molar-refractivity contribution in [1.29, 1.82) is 0 Å². The lowest BCUT2D eigenvalue weighted by molar-refractivity contribution is 0.0490. The van der Waals surface area contributed by atoms with E-state index in [1.54, 1.807) is 0 Å². The summed E-state index contributed by atoms with van der Waals surface area (Å²) in [4.78, 5) is 0.118. The third-order valence-corrected chi connectivity index (χ3v) is 4.84. The first-order valence-electron chi connectivity index (χ1n) is 6.74. The molecule has 2 rings (SSSR count). The number of methoxy groups -OCH3 is 1. The van der Waals surface area contributed by atoms with Crippen LogP contribution in [0, 0.1) is 0 Å². The van der Waals surface area contributed by atoms with Crippen LogP contribution in [0.2, 0.25) is 0 Å². The normalized spacial score (nSPS) is 11.3. The smallest absolute Gasteiger partial charge is 0.188 e. The Kier molecular flexibility index (Phi) is 5.41. The van der Waals surface area contributed by atoms with Gasteiger partial charge < -0.3 is 14.6 Å². The second-order valence-electron chi connectivity index (χ2n) is 4.73. The Morgan fingerprint density at radius 2 is 1.82 bits per heavy atom. The number of rotatable bonds is 7. The minimum Gasteiger partial charge on any atom is -0.504 e. The molecular weight excluding hydrogens is 304 g/mol. The molecule has 0 unspecified atom stereocenters. The van der Waals surface area contributed by atoms with Gasteiger partial charge in [0.05, 0.1) is 10.6 Å². The summed E-state index contributed by atoms with van der Waals surface area (Å²) in [5.41, 5.74) is 0.959. The summed E-state index contributed by atoms with van der Waals surface area (Å²) in [5, 5.41) is 9.66. The zero-order chi connectivity index (χ0) is 16.0. The number of hydrogen-bond acceptors (Lipinski definition) is 5. The SMILES string of the molecule is COCOc1cc(S(=O)(=O)CCc2ccccc2)ccc1O. The van der Waals surface area contributed by atoms with Crippen LogP contribution in [0.15, 0.2) is 53.4 Å². The standard InChI is InChI=1S/C16H18O5S/c1-20-12-21-16-11-14(7-8-15(16)17)22(18,19)10-9-13-5-3-2-4-6-13/h2-8,11,17H,9-10,12H2,1H3. The van der Waals surface area contributed by atoms with E-state index in [-0.39, 0.29) is 28.9 Å². The number of phenolic OH excluding ortho intramolecular Hbond substituents is 1. The lowest BCUT2D eigenvalue weighted by Gasteiger charge is -2.10. The zero-order valence-corrected chi connectivity index (χ0v) is 13.0. The average Bonchev–Trinajstić information content (AvgIpc) is 2.53. The topological polar surface area (TPSA) is 72.8 Å². The van der Waals surface area contributed by atoms with Gasteiger partial charge in [-0.3, -0.25) is 0 Å². The molecule has 0 aliphatic heterocycles. The number of ether oxygens (including phenoxy) is 2. The van der Waals surface area contributed by atoms with Gasteiger partial charge in [-0.05, 0) is 24.1 Å². The Morgan fingerprint density at radius 1 is 1.09 bits per heavy atom. The van der Waals surface area contributed by atoms with Gasteiger partial charge in [-0.25, -0.2) is 8.42 Å². The van der Waals surface area contributed by atoms with Crippen LogP contribution >= 0.6 is 0 Å². The molecular formula is C16H18O5S. The first-order valence-corrected chi connectivity index (χ1v) is 8.39. The monoisotopic (exact) mass is 322 g/mol. The molecule has 0 amide bonds. The molecule has 0 saturated carbocycles. The number of hydrogen-bond donors (Lipinski definition) is 1. The van der Waals surface area contributed by atoms with Crippen molar-refractivity contribution >= 4 is 9.84 Å². The molecule has 1 N–H and O–H groups in total. The Morgan fingerprint density at radius 3 is 2.50 bits per heavy atom. The molecule has 2 aromatic carbocycles. The number of phenols is 1. The van der Waals surface area contributed by atoms with E-state index in [1.165, 1.54) is 25.3 Å². The third-order valence-electron chi connectivity index (χ3n) is 3.12. The maximum absolute atomic E-state index is 12.4.